The molecule has 166 valence electrons. The smallest absolute Gasteiger partial charge is 0.127 e. The minimum Gasteiger partial charge on any atom is -0.507 e. The van der Waals surface area contributed by atoms with Crippen LogP contribution in [0.15, 0.2) is 58.5 Å². The van der Waals surface area contributed by atoms with Crippen LogP contribution in [-0.2, 0) is 0 Å². The quantitative estimate of drug-likeness (QED) is 0.400. The van der Waals surface area contributed by atoms with Crippen LogP contribution >= 0.6 is 0 Å². The zero-order chi connectivity index (χ0) is 23.4. The van der Waals surface area contributed by atoms with Crippen molar-refractivity contribution >= 4 is 23.8 Å². The van der Waals surface area contributed by atoms with E-state index in [1.807, 2.05) is 62.4 Å². The molecule has 0 unspecified atom stereocenters. The van der Waals surface area contributed by atoms with Gasteiger partial charge in [-0.2, -0.15) is 0 Å². The van der Waals surface area contributed by atoms with Gasteiger partial charge in [0.15, 0.2) is 0 Å². The highest BCUT2D eigenvalue weighted by Crippen LogP contribution is 2.31. The summed E-state index contributed by atoms with van der Waals surface area (Å²) in [7, 11) is 0. The van der Waals surface area contributed by atoms with Gasteiger partial charge in [0.2, 0.25) is 0 Å². The van der Waals surface area contributed by atoms with Gasteiger partial charge in [0.05, 0.1) is 11.4 Å². The zero-order valence-electron chi connectivity index (χ0n) is 19.7. The van der Waals surface area contributed by atoms with Crippen molar-refractivity contribution in [3.05, 3.63) is 81.9 Å². The fourth-order valence-corrected chi connectivity index (χ4v) is 3.66. The minimum atomic E-state index is 0.239. The van der Waals surface area contributed by atoms with Crippen LogP contribution in [0.5, 0.6) is 11.5 Å². The summed E-state index contributed by atoms with van der Waals surface area (Å²) in [6.07, 6.45) is 3.40. The Labute approximate surface area is 191 Å². The number of hydrogen-bond acceptors (Lipinski definition) is 4. The second kappa shape index (κ2) is 9.82. The molecule has 0 spiro atoms. The summed E-state index contributed by atoms with van der Waals surface area (Å²) in [6.45, 7) is 12.3. The Morgan fingerprint density at radius 1 is 0.625 bits per heavy atom. The molecule has 0 bridgehead atoms. The summed E-state index contributed by atoms with van der Waals surface area (Å²) in [5.41, 5.74) is 7.02. The van der Waals surface area contributed by atoms with Gasteiger partial charge in [-0.25, -0.2) is 0 Å². The van der Waals surface area contributed by atoms with Crippen molar-refractivity contribution in [1.29, 1.82) is 0 Å². The molecule has 0 radical (unpaired) electrons. The molecule has 3 aromatic rings. The second-order valence-corrected chi connectivity index (χ2v) is 8.93. The lowest BCUT2D eigenvalue weighted by molar-refractivity contribution is 0.463. The fraction of sp³-hybridized carbons (Fsp3) is 0.286. The standard InChI is InChI=1S/C28H32N2O2/c1-17(2)25-13-19(5)11-21(27(25)31)15-29-23-7-9-24(10-8-23)30-16-22-12-20(6)14-26(18(3)4)28(22)32/h7-18,31-32H,1-6H3. The average Bonchev–Trinajstić information content (AvgIpc) is 2.74. The molecule has 2 N–H and O–H groups in total. The maximum atomic E-state index is 10.5. The lowest BCUT2D eigenvalue weighted by atomic mass is 9.97. The van der Waals surface area contributed by atoms with E-state index in [2.05, 4.69) is 37.7 Å². The van der Waals surface area contributed by atoms with Crippen LogP contribution in [0.2, 0.25) is 0 Å². The summed E-state index contributed by atoms with van der Waals surface area (Å²) >= 11 is 0. The van der Waals surface area contributed by atoms with Crippen LogP contribution < -0.4 is 0 Å². The normalized spacial score (nSPS) is 12.0. The molecule has 0 heterocycles. The van der Waals surface area contributed by atoms with Crippen molar-refractivity contribution in [3.63, 3.8) is 0 Å². The number of rotatable bonds is 6. The van der Waals surface area contributed by atoms with Crippen molar-refractivity contribution in [2.45, 2.75) is 53.4 Å². The minimum absolute atomic E-state index is 0.239. The summed E-state index contributed by atoms with van der Waals surface area (Å²) < 4.78 is 0. The van der Waals surface area contributed by atoms with Gasteiger partial charge in [-0.05, 0) is 84.3 Å². The van der Waals surface area contributed by atoms with E-state index in [0.717, 1.165) is 33.6 Å². The number of benzene rings is 3. The molecule has 0 saturated carbocycles. The van der Waals surface area contributed by atoms with Gasteiger partial charge in [0.1, 0.15) is 11.5 Å². The van der Waals surface area contributed by atoms with Gasteiger partial charge in [-0.1, -0.05) is 39.8 Å². The first-order valence-electron chi connectivity index (χ1n) is 11.0. The number of hydrogen-bond donors (Lipinski definition) is 2. The molecule has 32 heavy (non-hydrogen) atoms. The van der Waals surface area contributed by atoms with Crippen LogP contribution in [0.4, 0.5) is 11.4 Å². The number of aromatic hydroxyl groups is 2. The molecule has 0 aliphatic rings. The maximum absolute atomic E-state index is 10.5. The Balaban J connectivity index is 1.80. The average molecular weight is 429 g/mol. The Morgan fingerprint density at radius 3 is 1.28 bits per heavy atom. The Bertz CT molecular complexity index is 1060. The van der Waals surface area contributed by atoms with E-state index in [4.69, 9.17) is 0 Å². The Kier molecular flexibility index (Phi) is 7.14. The first-order chi connectivity index (χ1) is 15.2. The molecule has 4 heteroatoms. The van der Waals surface area contributed by atoms with Crippen LogP contribution in [-0.4, -0.2) is 22.6 Å². The highest BCUT2D eigenvalue weighted by atomic mass is 16.3. The third-order valence-electron chi connectivity index (χ3n) is 5.43. The molecule has 0 fully saturated rings. The molecule has 4 nitrogen and oxygen atoms in total. The monoisotopic (exact) mass is 428 g/mol. The van der Waals surface area contributed by atoms with Gasteiger partial charge in [-0.3, -0.25) is 9.98 Å². The molecule has 0 aromatic heterocycles. The predicted molar refractivity (Wildman–Crippen MR) is 135 cm³/mol. The van der Waals surface area contributed by atoms with Gasteiger partial charge < -0.3 is 10.2 Å². The van der Waals surface area contributed by atoms with Crippen molar-refractivity contribution in [2.24, 2.45) is 9.98 Å². The third kappa shape index (κ3) is 5.44. The van der Waals surface area contributed by atoms with Crippen molar-refractivity contribution in [2.75, 3.05) is 0 Å². The van der Waals surface area contributed by atoms with E-state index in [1.165, 1.54) is 0 Å². The molecule has 0 atom stereocenters. The summed E-state index contributed by atoms with van der Waals surface area (Å²) in [6, 6.07) is 15.4. The van der Waals surface area contributed by atoms with Gasteiger partial charge in [0.25, 0.3) is 0 Å². The van der Waals surface area contributed by atoms with E-state index in [0.29, 0.717) is 11.1 Å². The van der Waals surface area contributed by atoms with Gasteiger partial charge >= 0.3 is 0 Å². The topological polar surface area (TPSA) is 65.2 Å². The third-order valence-corrected chi connectivity index (χ3v) is 5.43. The van der Waals surface area contributed by atoms with Gasteiger partial charge in [-0.15, -0.1) is 0 Å². The molecule has 0 aliphatic heterocycles. The molecule has 0 aliphatic carbocycles. The van der Waals surface area contributed by atoms with E-state index in [1.54, 1.807) is 12.4 Å². The first-order valence-corrected chi connectivity index (χ1v) is 11.0. The maximum Gasteiger partial charge on any atom is 0.127 e. The number of aliphatic imine (C=N–C) groups is 2. The van der Waals surface area contributed by atoms with E-state index < -0.39 is 0 Å². The molecular formula is C28H32N2O2. The van der Waals surface area contributed by atoms with Crippen molar-refractivity contribution in [3.8, 4) is 11.5 Å². The SMILES string of the molecule is Cc1cc(C=Nc2ccc(N=Cc3cc(C)cc(C(C)C)c3O)cc2)c(O)c(C(C)C)c1. The van der Waals surface area contributed by atoms with Crippen LogP contribution in [0, 0.1) is 13.8 Å². The molecule has 3 rings (SSSR count). The molecule has 3 aromatic carbocycles. The van der Waals surface area contributed by atoms with Crippen molar-refractivity contribution < 1.29 is 10.2 Å². The number of phenols is 2. The summed E-state index contributed by atoms with van der Waals surface area (Å²) in [5, 5.41) is 21.1. The predicted octanol–water partition coefficient (Wildman–Crippen LogP) is 7.46. The molecular weight excluding hydrogens is 396 g/mol. The number of nitrogens with zero attached hydrogens (tertiary/aromatic N) is 2. The Hall–Kier alpha value is -3.40. The lowest BCUT2D eigenvalue weighted by Gasteiger charge is -2.12. The van der Waals surface area contributed by atoms with Crippen LogP contribution in [0.25, 0.3) is 0 Å². The van der Waals surface area contributed by atoms with Gasteiger partial charge in [0, 0.05) is 23.6 Å². The Morgan fingerprint density at radius 2 is 0.969 bits per heavy atom. The summed E-state index contributed by atoms with van der Waals surface area (Å²) in [5.74, 6) is 1.05. The summed E-state index contributed by atoms with van der Waals surface area (Å²) in [4.78, 5) is 9.04. The highest BCUT2D eigenvalue weighted by molar-refractivity contribution is 5.87. The largest absolute Gasteiger partial charge is 0.507 e. The highest BCUT2D eigenvalue weighted by Gasteiger charge is 2.11. The van der Waals surface area contributed by atoms with Crippen LogP contribution in [0.1, 0.15) is 72.9 Å². The number of phenolic OH excluding ortho intramolecular Hbond substituents is 2. The second-order valence-electron chi connectivity index (χ2n) is 8.93. The lowest BCUT2D eigenvalue weighted by Crippen LogP contribution is -1.94. The molecule has 0 amide bonds. The molecule has 0 saturated heterocycles. The zero-order valence-corrected chi connectivity index (χ0v) is 19.7. The number of aryl methyl sites for hydroxylation is 2. The van der Waals surface area contributed by atoms with E-state index >= 15 is 0 Å². The van der Waals surface area contributed by atoms with Crippen molar-refractivity contribution in [1.82, 2.24) is 0 Å². The fourth-order valence-electron chi connectivity index (χ4n) is 3.66. The first kappa shape index (κ1) is 23.3. The van der Waals surface area contributed by atoms with E-state index in [9.17, 15) is 10.2 Å². The van der Waals surface area contributed by atoms with Crippen LogP contribution in [0.3, 0.4) is 0 Å². The van der Waals surface area contributed by atoms with E-state index in [-0.39, 0.29) is 23.3 Å².